The number of nitriles is 1. The van der Waals surface area contributed by atoms with Gasteiger partial charge in [-0.1, -0.05) is 31.2 Å². The van der Waals surface area contributed by atoms with Crippen LogP contribution in [0.2, 0.25) is 0 Å². The van der Waals surface area contributed by atoms with Gasteiger partial charge in [-0.3, -0.25) is 0 Å². The number of sulfonamides is 2. The Balaban J connectivity index is 0.000000330. The van der Waals surface area contributed by atoms with E-state index in [4.69, 9.17) is 10.4 Å². The van der Waals surface area contributed by atoms with Crippen LogP contribution in [0, 0.1) is 11.3 Å². The average molecular weight is 433 g/mol. The molecule has 0 unspecified atom stereocenters. The van der Waals surface area contributed by atoms with Gasteiger partial charge in [0.05, 0.1) is 4.90 Å². The summed E-state index contributed by atoms with van der Waals surface area (Å²) in [6, 6.07) is 12.9. The lowest BCUT2D eigenvalue weighted by Crippen LogP contribution is -2.24. The molecule has 0 atom stereocenters. The van der Waals surface area contributed by atoms with Crippen LogP contribution in [0.3, 0.4) is 0 Å². The summed E-state index contributed by atoms with van der Waals surface area (Å²) in [5.41, 5.74) is -0.446. The predicted octanol–water partition coefficient (Wildman–Crippen LogP) is 1.79. The van der Waals surface area contributed by atoms with E-state index in [9.17, 15) is 25.6 Å². The van der Waals surface area contributed by atoms with Gasteiger partial charge >= 0.3 is 6.61 Å². The van der Waals surface area contributed by atoms with Gasteiger partial charge in [0.25, 0.3) is 0 Å². The van der Waals surface area contributed by atoms with E-state index in [0.717, 1.165) is 12.1 Å². The zero-order valence-corrected chi connectivity index (χ0v) is 16.2. The van der Waals surface area contributed by atoms with E-state index in [1.807, 2.05) is 0 Å². The quantitative estimate of drug-likeness (QED) is 0.712. The second-order valence-electron chi connectivity index (χ2n) is 4.98. The van der Waals surface area contributed by atoms with Crippen molar-refractivity contribution in [3.05, 3.63) is 54.1 Å². The summed E-state index contributed by atoms with van der Waals surface area (Å²) in [7, 11) is -7.41. The molecule has 3 N–H and O–H groups in total. The normalized spacial score (nSPS) is 11.3. The topological polar surface area (TPSA) is 139 Å². The molecule has 0 aliphatic rings. The van der Waals surface area contributed by atoms with Gasteiger partial charge in [-0.05, 0) is 24.3 Å². The molecular weight excluding hydrogens is 416 g/mol. The highest BCUT2D eigenvalue weighted by Gasteiger charge is 2.22. The van der Waals surface area contributed by atoms with Crippen LogP contribution in [-0.2, 0) is 20.0 Å². The number of primary sulfonamides is 1. The first-order valence-corrected chi connectivity index (χ1v) is 10.6. The Bertz CT molecular complexity index is 1040. The lowest BCUT2D eigenvalue weighted by Gasteiger charge is -2.10. The lowest BCUT2D eigenvalue weighted by molar-refractivity contribution is -0.0502. The van der Waals surface area contributed by atoms with Gasteiger partial charge in [0.1, 0.15) is 22.3 Å². The first-order chi connectivity index (χ1) is 13.0. The van der Waals surface area contributed by atoms with E-state index < -0.39 is 38.0 Å². The molecule has 0 radical (unpaired) electrons. The van der Waals surface area contributed by atoms with Gasteiger partial charge in [0.15, 0.2) is 0 Å². The van der Waals surface area contributed by atoms with Gasteiger partial charge in [0.2, 0.25) is 20.0 Å². The molecule has 2 aromatic rings. The highest BCUT2D eigenvalue weighted by atomic mass is 32.2. The summed E-state index contributed by atoms with van der Waals surface area (Å²) >= 11 is 0. The number of alkyl halides is 2. The maximum atomic E-state index is 12.1. The molecule has 0 aromatic heterocycles. The van der Waals surface area contributed by atoms with Crippen LogP contribution in [0.5, 0.6) is 5.75 Å². The Morgan fingerprint density at radius 3 is 2.14 bits per heavy atom. The molecule has 0 spiro atoms. The van der Waals surface area contributed by atoms with Crippen molar-refractivity contribution >= 4 is 20.0 Å². The number of hydrogen-bond donors (Lipinski definition) is 2. The predicted molar refractivity (Wildman–Crippen MR) is 96.5 cm³/mol. The first-order valence-electron chi connectivity index (χ1n) is 7.58. The molecule has 12 heteroatoms. The van der Waals surface area contributed by atoms with Crippen molar-refractivity contribution in [3.63, 3.8) is 0 Å². The average Bonchev–Trinajstić information content (AvgIpc) is 2.61. The number of nitrogens with two attached hydrogens (primary N) is 1. The number of ether oxygens (including phenoxy) is 1. The van der Waals surface area contributed by atoms with Crippen molar-refractivity contribution in [2.24, 2.45) is 5.14 Å². The summed E-state index contributed by atoms with van der Waals surface area (Å²) in [4.78, 5) is -0.236. The molecule has 0 fully saturated rings. The molecule has 2 aromatic carbocycles. The zero-order valence-electron chi connectivity index (χ0n) is 14.5. The van der Waals surface area contributed by atoms with E-state index in [1.165, 1.54) is 18.2 Å². The van der Waals surface area contributed by atoms with Crippen molar-refractivity contribution < 1.29 is 30.4 Å². The molecular formula is C16H17F2N3O5S2. The van der Waals surface area contributed by atoms with Crippen LogP contribution in [0.4, 0.5) is 8.78 Å². The fourth-order valence-electron chi connectivity index (χ4n) is 1.92. The maximum Gasteiger partial charge on any atom is 0.387 e. The van der Waals surface area contributed by atoms with Crippen LogP contribution in [0.1, 0.15) is 12.5 Å². The van der Waals surface area contributed by atoms with Crippen molar-refractivity contribution in [2.75, 3.05) is 6.54 Å². The second-order valence-corrected chi connectivity index (χ2v) is 8.28. The van der Waals surface area contributed by atoms with E-state index in [0.29, 0.717) is 0 Å². The third kappa shape index (κ3) is 6.86. The van der Waals surface area contributed by atoms with Crippen molar-refractivity contribution in [1.82, 2.24) is 4.72 Å². The second kappa shape index (κ2) is 10.1. The summed E-state index contributed by atoms with van der Waals surface area (Å²) in [6.07, 6.45) is 0. The third-order valence-corrected chi connectivity index (χ3v) is 5.53. The SMILES string of the molecule is CCNS(=O)(=O)c1cccc(OC(F)F)c1C#N.NS(=O)(=O)c1ccccc1. The zero-order chi connectivity index (χ0) is 21.4. The molecule has 0 heterocycles. The Morgan fingerprint density at radius 2 is 1.71 bits per heavy atom. The molecule has 0 aliphatic heterocycles. The van der Waals surface area contributed by atoms with Crippen LogP contribution in [0.25, 0.3) is 0 Å². The highest BCUT2D eigenvalue weighted by Crippen LogP contribution is 2.26. The van der Waals surface area contributed by atoms with Gasteiger partial charge < -0.3 is 4.74 Å². The number of nitrogens with one attached hydrogen (secondary N) is 1. The molecule has 0 aliphatic carbocycles. The number of nitrogens with zero attached hydrogens (tertiary/aromatic N) is 1. The van der Waals surface area contributed by atoms with Crippen LogP contribution in [-0.4, -0.2) is 30.0 Å². The summed E-state index contributed by atoms with van der Waals surface area (Å²) in [6.45, 7) is -1.45. The molecule has 2 rings (SSSR count). The van der Waals surface area contributed by atoms with Gasteiger partial charge in [-0.15, -0.1) is 0 Å². The number of hydrogen-bond acceptors (Lipinski definition) is 6. The Kier molecular flexibility index (Phi) is 8.45. The molecule has 0 bridgehead atoms. The van der Waals surface area contributed by atoms with Gasteiger partial charge in [-0.25, -0.2) is 26.7 Å². The molecule has 152 valence electrons. The van der Waals surface area contributed by atoms with Gasteiger partial charge in [-0.2, -0.15) is 14.0 Å². The van der Waals surface area contributed by atoms with Crippen LogP contribution < -0.4 is 14.6 Å². The largest absolute Gasteiger partial charge is 0.433 e. The third-order valence-electron chi connectivity index (χ3n) is 3.01. The summed E-state index contributed by atoms with van der Waals surface area (Å²) in [5.74, 6) is -0.466. The number of rotatable bonds is 6. The van der Waals surface area contributed by atoms with Crippen molar-refractivity contribution in [2.45, 2.75) is 23.3 Å². The molecule has 0 saturated carbocycles. The van der Waals surface area contributed by atoms with E-state index in [-0.39, 0.29) is 16.3 Å². The lowest BCUT2D eigenvalue weighted by atomic mass is 10.2. The Morgan fingerprint density at radius 1 is 1.11 bits per heavy atom. The summed E-state index contributed by atoms with van der Waals surface area (Å²) in [5, 5.41) is 13.7. The van der Waals surface area contributed by atoms with Crippen molar-refractivity contribution in [1.29, 1.82) is 5.26 Å². The molecule has 28 heavy (non-hydrogen) atoms. The molecule has 0 amide bonds. The van der Waals surface area contributed by atoms with E-state index in [2.05, 4.69) is 9.46 Å². The monoisotopic (exact) mass is 433 g/mol. The summed E-state index contributed by atoms with van der Waals surface area (Å²) < 4.78 is 75.2. The smallest absolute Gasteiger partial charge is 0.387 e. The number of benzene rings is 2. The minimum Gasteiger partial charge on any atom is -0.433 e. The first kappa shape index (κ1) is 23.4. The fraction of sp³-hybridized carbons (Fsp3) is 0.188. The van der Waals surface area contributed by atoms with Crippen LogP contribution >= 0.6 is 0 Å². The minimum atomic E-state index is -3.91. The Labute approximate surface area is 161 Å². The Hall–Kier alpha value is -2.59. The molecule has 8 nitrogen and oxygen atoms in total. The van der Waals surface area contributed by atoms with Crippen molar-refractivity contribution in [3.8, 4) is 11.8 Å². The maximum absolute atomic E-state index is 12.1. The van der Waals surface area contributed by atoms with E-state index in [1.54, 1.807) is 31.2 Å². The standard InChI is InChI=1S/C10H10F2N2O3S.C6H7NO2S/c1-2-14-18(15,16)9-5-3-4-8(7(9)6-13)17-10(11)12;7-10(8,9)6-4-2-1-3-5-6/h3-5,10,14H,2H2,1H3;1-5H,(H2,7,8,9). The van der Waals surface area contributed by atoms with Crippen LogP contribution in [0.15, 0.2) is 58.3 Å². The van der Waals surface area contributed by atoms with E-state index >= 15 is 0 Å². The fourth-order valence-corrected chi connectivity index (χ4v) is 3.66. The number of halogens is 2. The molecule has 0 saturated heterocycles. The highest BCUT2D eigenvalue weighted by molar-refractivity contribution is 7.89. The minimum absolute atomic E-state index is 0.118. The van der Waals surface area contributed by atoms with Gasteiger partial charge in [0, 0.05) is 6.54 Å².